The lowest BCUT2D eigenvalue weighted by Gasteiger charge is -2.44. The molecule has 5 aromatic carbocycles. The van der Waals surface area contributed by atoms with Crippen LogP contribution in [-0.4, -0.2) is 137 Å². The number of ether oxygens (including phenoxy) is 5. The van der Waals surface area contributed by atoms with E-state index in [1.165, 1.54) is 0 Å². The quantitative estimate of drug-likeness (QED) is 0.0513. The molecule has 3 unspecified atom stereocenters. The summed E-state index contributed by atoms with van der Waals surface area (Å²) in [7, 11) is 0. The Morgan fingerprint density at radius 1 is 0.343 bits per heavy atom. The maximum absolute atomic E-state index is 14.0. The molecule has 5 atom stereocenters. The van der Waals surface area contributed by atoms with E-state index < -0.39 is 187 Å². The van der Waals surface area contributed by atoms with Crippen LogP contribution >= 0.6 is 0 Å². The lowest BCUT2D eigenvalue weighted by Crippen LogP contribution is -2.60. The molecule has 0 heterocycles. The summed E-state index contributed by atoms with van der Waals surface area (Å²) in [4.78, 5) is 68.8. The fraction of sp³-hybridized carbons (Fsp3) is 0.167. The van der Waals surface area contributed by atoms with Crippen molar-refractivity contribution in [2.45, 2.75) is 30.8 Å². The van der Waals surface area contributed by atoms with E-state index in [4.69, 9.17) is 23.7 Å². The van der Waals surface area contributed by atoms with Crippen molar-refractivity contribution >= 4 is 29.8 Å². The standard InChI is InChI=1S/C42H34O25/c43-19-1-13(2-20(44)30(19)53)38(58)63-12-18-11-29(64-39(59)14-3-21(45)31(54)22(46)4-14)36(66-41(61)16-7-25(49)33(56)26(50)8-16)37(67-42(62)17-9-27(51)34(57)28(52)10-17)35(18)65-40(60)15-5-23(47)32(55)24(48)6-15/h1-10,18,29,35-37,43-57H,11-12H2/t18?,29-,35-,36?,37?/m1/s1. The largest absolute Gasteiger partial charge is 0.504 e. The maximum atomic E-state index is 14.0. The number of carbonyl (C=O) groups excluding carboxylic acids is 5. The molecule has 25 heteroatoms. The van der Waals surface area contributed by atoms with Crippen LogP contribution in [0.15, 0.2) is 60.7 Å². The summed E-state index contributed by atoms with van der Waals surface area (Å²) in [6.07, 6.45) is -9.80. The van der Waals surface area contributed by atoms with Crippen molar-refractivity contribution in [2.24, 2.45) is 5.92 Å². The molecule has 1 saturated carbocycles. The van der Waals surface area contributed by atoms with E-state index in [9.17, 15) is 101 Å². The highest BCUT2D eigenvalue weighted by molar-refractivity contribution is 5.94. The van der Waals surface area contributed by atoms with Gasteiger partial charge >= 0.3 is 29.8 Å². The number of phenols is 15. The van der Waals surface area contributed by atoms with E-state index >= 15 is 0 Å². The van der Waals surface area contributed by atoms with Crippen molar-refractivity contribution in [1.82, 2.24) is 0 Å². The van der Waals surface area contributed by atoms with E-state index in [-0.39, 0.29) is 0 Å². The summed E-state index contributed by atoms with van der Waals surface area (Å²) in [5, 5.41) is 151. The topological polar surface area (TPSA) is 435 Å². The van der Waals surface area contributed by atoms with E-state index in [0.717, 1.165) is 0 Å². The SMILES string of the molecule is O=C(OCC1C[C@@H](OC(=O)c2cc(O)c(O)c(O)c2)C(OC(=O)c2cc(O)c(O)c(O)c2)C(OC(=O)c2cc(O)c(O)c(O)c2)[C@@H]1OC(=O)c1cc(O)c(O)c(O)c1)c1cc(O)c(O)c(O)c1. The zero-order chi connectivity index (χ0) is 49.3. The van der Waals surface area contributed by atoms with E-state index in [2.05, 4.69) is 0 Å². The monoisotopic (exact) mass is 938 g/mol. The fourth-order valence-corrected chi connectivity index (χ4v) is 6.61. The molecular weight excluding hydrogens is 904 g/mol. The molecule has 0 aliphatic heterocycles. The van der Waals surface area contributed by atoms with Crippen LogP contribution in [0.3, 0.4) is 0 Å². The summed E-state index contributed by atoms with van der Waals surface area (Å²) in [5.74, 6) is -25.3. The highest BCUT2D eigenvalue weighted by atomic mass is 16.6. The fourth-order valence-electron chi connectivity index (χ4n) is 6.61. The third-order valence-corrected chi connectivity index (χ3v) is 9.96. The van der Waals surface area contributed by atoms with E-state index in [1.54, 1.807) is 0 Å². The second-order valence-electron chi connectivity index (χ2n) is 14.5. The Morgan fingerprint density at radius 2 is 0.582 bits per heavy atom. The van der Waals surface area contributed by atoms with Gasteiger partial charge in [0.2, 0.25) is 0 Å². The van der Waals surface area contributed by atoms with Gasteiger partial charge in [0, 0.05) is 5.92 Å². The predicted molar refractivity (Wildman–Crippen MR) is 212 cm³/mol. The molecule has 25 nitrogen and oxygen atoms in total. The van der Waals surface area contributed by atoms with Crippen molar-refractivity contribution in [2.75, 3.05) is 6.61 Å². The number of rotatable bonds is 11. The molecule has 0 spiro atoms. The van der Waals surface area contributed by atoms with Gasteiger partial charge < -0.3 is 100 Å². The number of phenolic OH excluding ortho intramolecular Hbond substituents is 15. The van der Waals surface area contributed by atoms with Gasteiger partial charge in [-0.25, -0.2) is 24.0 Å². The summed E-state index contributed by atoms with van der Waals surface area (Å²) in [5.41, 5.74) is -3.59. The summed E-state index contributed by atoms with van der Waals surface area (Å²) in [6.45, 7) is -1.03. The average molecular weight is 939 g/mol. The van der Waals surface area contributed by atoms with Crippen LogP contribution in [0.2, 0.25) is 0 Å². The molecular formula is C42H34O25. The minimum atomic E-state index is -2.41. The van der Waals surface area contributed by atoms with Crippen molar-refractivity contribution in [3.05, 3.63) is 88.5 Å². The molecule has 352 valence electrons. The summed E-state index contributed by atoms with van der Waals surface area (Å²) >= 11 is 0. The van der Waals surface area contributed by atoms with Crippen molar-refractivity contribution < 1.29 is 124 Å². The normalized spacial score (nSPS) is 17.7. The highest BCUT2D eigenvalue weighted by Crippen LogP contribution is 2.43. The minimum absolute atomic E-state index is 0.565. The van der Waals surface area contributed by atoms with Gasteiger partial charge in [0.25, 0.3) is 0 Å². The number of carbonyl (C=O) groups is 5. The van der Waals surface area contributed by atoms with E-state index in [0.29, 0.717) is 60.7 Å². The van der Waals surface area contributed by atoms with Crippen LogP contribution in [0.4, 0.5) is 0 Å². The Balaban J connectivity index is 1.52. The number of benzene rings is 5. The molecule has 0 bridgehead atoms. The average Bonchev–Trinajstić information content (AvgIpc) is 3.27. The van der Waals surface area contributed by atoms with Gasteiger partial charge in [-0.3, -0.25) is 0 Å². The molecule has 5 aromatic rings. The highest BCUT2D eigenvalue weighted by Gasteiger charge is 2.54. The van der Waals surface area contributed by atoms with Gasteiger partial charge in [0.05, 0.1) is 34.4 Å². The lowest BCUT2D eigenvalue weighted by molar-refractivity contribution is -0.170. The molecule has 0 radical (unpaired) electrons. The molecule has 0 saturated heterocycles. The second kappa shape index (κ2) is 18.3. The van der Waals surface area contributed by atoms with Crippen molar-refractivity contribution in [3.8, 4) is 86.2 Å². The first kappa shape index (κ1) is 46.9. The Morgan fingerprint density at radius 3 is 0.881 bits per heavy atom. The number of esters is 5. The zero-order valence-corrected chi connectivity index (χ0v) is 33.4. The zero-order valence-electron chi connectivity index (χ0n) is 33.4. The summed E-state index contributed by atoms with van der Waals surface area (Å²) in [6, 6.07) is 6.02. The van der Waals surface area contributed by atoms with Crippen LogP contribution in [-0.2, 0) is 23.7 Å². The number of hydrogen-bond donors (Lipinski definition) is 15. The number of hydrogen-bond acceptors (Lipinski definition) is 25. The summed E-state index contributed by atoms with van der Waals surface area (Å²) < 4.78 is 28.0. The Hall–Kier alpha value is -9.55. The molecule has 0 amide bonds. The first-order valence-electron chi connectivity index (χ1n) is 18.7. The third-order valence-electron chi connectivity index (χ3n) is 9.96. The molecule has 15 N–H and O–H groups in total. The van der Waals surface area contributed by atoms with Crippen LogP contribution in [0.1, 0.15) is 58.2 Å². The molecule has 0 aromatic heterocycles. The predicted octanol–water partition coefficient (Wildman–Crippen LogP) is 2.35. The van der Waals surface area contributed by atoms with Crippen LogP contribution in [0.5, 0.6) is 86.2 Å². The van der Waals surface area contributed by atoms with Crippen LogP contribution < -0.4 is 0 Å². The van der Waals surface area contributed by atoms with Gasteiger partial charge in [-0.2, -0.15) is 0 Å². The van der Waals surface area contributed by atoms with Gasteiger partial charge in [0.1, 0.15) is 12.2 Å². The Labute approximate surface area is 371 Å². The third kappa shape index (κ3) is 9.69. The van der Waals surface area contributed by atoms with Gasteiger partial charge in [-0.15, -0.1) is 0 Å². The van der Waals surface area contributed by atoms with Gasteiger partial charge in [0.15, 0.2) is 98.5 Å². The maximum Gasteiger partial charge on any atom is 0.338 e. The van der Waals surface area contributed by atoms with Gasteiger partial charge in [-0.1, -0.05) is 0 Å². The molecule has 6 rings (SSSR count). The van der Waals surface area contributed by atoms with Crippen molar-refractivity contribution in [3.63, 3.8) is 0 Å². The Kier molecular flexibility index (Phi) is 12.8. The van der Waals surface area contributed by atoms with Gasteiger partial charge in [-0.05, 0) is 67.1 Å². The van der Waals surface area contributed by atoms with Crippen molar-refractivity contribution in [1.29, 1.82) is 0 Å². The lowest BCUT2D eigenvalue weighted by atomic mass is 9.80. The number of aromatic hydroxyl groups is 15. The smallest absolute Gasteiger partial charge is 0.338 e. The first-order valence-corrected chi connectivity index (χ1v) is 18.7. The molecule has 1 aliphatic carbocycles. The van der Waals surface area contributed by atoms with Crippen LogP contribution in [0, 0.1) is 5.92 Å². The molecule has 1 fully saturated rings. The Bertz CT molecular complexity index is 2720. The second-order valence-corrected chi connectivity index (χ2v) is 14.5. The van der Waals surface area contributed by atoms with E-state index in [1.807, 2.05) is 0 Å². The minimum Gasteiger partial charge on any atom is -0.504 e. The van der Waals surface area contributed by atoms with Crippen LogP contribution in [0.25, 0.3) is 0 Å². The first-order chi connectivity index (χ1) is 31.4. The molecule has 67 heavy (non-hydrogen) atoms. The molecule has 1 aliphatic rings.